The third kappa shape index (κ3) is 1.47. The highest BCUT2D eigenvalue weighted by atomic mass is 16.5. The number of aliphatic imine (C=N–C) groups is 1. The molecular formula is C10H10NO. The topological polar surface area (TPSA) is 21.6 Å². The lowest BCUT2D eigenvalue weighted by molar-refractivity contribution is 0.276. The van der Waals surface area contributed by atoms with E-state index in [0.29, 0.717) is 0 Å². The molecule has 2 heteroatoms. The second kappa shape index (κ2) is 3.39. The fourth-order valence-corrected chi connectivity index (χ4v) is 1.30. The van der Waals surface area contributed by atoms with Crippen molar-refractivity contribution in [2.45, 2.75) is 12.5 Å². The predicted octanol–water partition coefficient (Wildman–Crippen LogP) is 2.05. The van der Waals surface area contributed by atoms with E-state index in [4.69, 9.17) is 4.74 Å². The molecule has 0 aromatic heterocycles. The highest BCUT2D eigenvalue weighted by molar-refractivity contribution is 5.48. The largest absolute Gasteiger partial charge is 0.474 e. The minimum atomic E-state index is 0.250. The molecule has 1 radical (unpaired) electrons. The summed E-state index contributed by atoms with van der Waals surface area (Å²) < 4.78 is 4.90. The quantitative estimate of drug-likeness (QED) is 0.616. The second-order valence-corrected chi connectivity index (χ2v) is 2.78. The molecule has 1 aliphatic heterocycles. The first kappa shape index (κ1) is 7.35. The normalized spacial score (nSPS) is 21.8. The Labute approximate surface area is 71.9 Å². The molecule has 0 saturated heterocycles. The third-order valence-corrected chi connectivity index (χ3v) is 1.95. The van der Waals surface area contributed by atoms with Crippen LogP contribution in [0, 0.1) is 0 Å². The van der Waals surface area contributed by atoms with Gasteiger partial charge >= 0.3 is 0 Å². The van der Waals surface area contributed by atoms with Gasteiger partial charge in [0.15, 0.2) is 0 Å². The number of rotatable bonds is 1. The van der Waals surface area contributed by atoms with Crippen LogP contribution >= 0.6 is 0 Å². The van der Waals surface area contributed by atoms with Crippen LogP contribution in [0.4, 0.5) is 0 Å². The molecule has 1 aromatic rings. The van der Waals surface area contributed by atoms with Crippen molar-refractivity contribution in [1.29, 1.82) is 0 Å². The molecule has 61 valence electrons. The third-order valence-electron chi connectivity index (χ3n) is 1.95. The Kier molecular flexibility index (Phi) is 2.08. The Hall–Kier alpha value is -1.31. The molecule has 1 unspecified atom stereocenters. The summed E-state index contributed by atoms with van der Waals surface area (Å²) in [7, 11) is 0. The molecule has 1 aromatic carbocycles. The van der Waals surface area contributed by atoms with E-state index >= 15 is 0 Å². The summed E-state index contributed by atoms with van der Waals surface area (Å²) in [6.07, 6.45) is 3.51. The van der Waals surface area contributed by atoms with Crippen molar-refractivity contribution < 1.29 is 4.74 Å². The van der Waals surface area contributed by atoms with Gasteiger partial charge in [-0.3, -0.25) is 0 Å². The predicted molar refractivity (Wildman–Crippen MR) is 47.2 cm³/mol. The van der Waals surface area contributed by atoms with Crippen LogP contribution in [0.3, 0.4) is 0 Å². The zero-order valence-corrected chi connectivity index (χ0v) is 6.73. The lowest BCUT2D eigenvalue weighted by atomic mass is 10.0. The van der Waals surface area contributed by atoms with Crippen molar-refractivity contribution in [3.8, 4) is 0 Å². The SMILES string of the molecule is [C]1=NC(c2ccccc2)CCO1. The van der Waals surface area contributed by atoms with Gasteiger partial charge in [-0.15, -0.1) is 0 Å². The van der Waals surface area contributed by atoms with Crippen molar-refractivity contribution in [2.24, 2.45) is 4.99 Å². The molecule has 0 aliphatic carbocycles. The summed E-state index contributed by atoms with van der Waals surface area (Å²) in [5.41, 5.74) is 1.24. The number of ether oxygens (including phenoxy) is 1. The van der Waals surface area contributed by atoms with Gasteiger partial charge in [0.25, 0.3) is 6.40 Å². The molecule has 0 N–H and O–H groups in total. The standard InChI is InChI=1S/C10H10NO/c1-2-4-9(5-3-1)10-6-7-12-8-11-10/h1-5,10H,6-7H2. The average Bonchev–Trinajstić information content (AvgIpc) is 2.21. The van der Waals surface area contributed by atoms with Crippen molar-refractivity contribution >= 4 is 6.40 Å². The molecule has 0 saturated carbocycles. The van der Waals surface area contributed by atoms with Crippen LogP contribution in [0.1, 0.15) is 18.0 Å². The monoisotopic (exact) mass is 160 g/mol. The molecule has 0 amide bonds. The van der Waals surface area contributed by atoms with Gasteiger partial charge in [-0.1, -0.05) is 30.3 Å². The molecule has 0 spiro atoms. The van der Waals surface area contributed by atoms with Crippen molar-refractivity contribution in [2.75, 3.05) is 6.61 Å². The van der Waals surface area contributed by atoms with Crippen LogP contribution < -0.4 is 0 Å². The first-order valence-corrected chi connectivity index (χ1v) is 4.08. The summed E-state index contributed by atoms with van der Waals surface area (Å²) in [5.74, 6) is 0. The molecule has 2 rings (SSSR count). The van der Waals surface area contributed by atoms with Crippen molar-refractivity contribution in [1.82, 2.24) is 0 Å². The average molecular weight is 160 g/mol. The smallest absolute Gasteiger partial charge is 0.273 e. The second-order valence-electron chi connectivity index (χ2n) is 2.78. The Balaban J connectivity index is 2.19. The van der Waals surface area contributed by atoms with E-state index in [0.717, 1.165) is 13.0 Å². The Morgan fingerprint density at radius 2 is 2.17 bits per heavy atom. The molecule has 12 heavy (non-hydrogen) atoms. The zero-order valence-electron chi connectivity index (χ0n) is 6.73. The van der Waals surface area contributed by atoms with Gasteiger partial charge in [-0.25, -0.2) is 4.99 Å². The lowest BCUT2D eigenvalue weighted by Crippen LogP contribution is -2.07. The lowest BCUT2D eigenvalue weighted by Gasteiger charge is -2.15. The van der Waals surface area contributed by atoms with E-state index in [1.165, 1.54) is 5.56 Å². The summed E-state index contributed by atoms with van der Waals surface area (Å²) in [5, 5.41) is 0. The summed E-state index contributed by atoms with van der Waals surface area (Å²) in [6, 6.07) is 10.5. The van der Waals surface area contributed by atoms with E-state index in [9.17, 15) is 0 Å². The van der Waals surface area contributed by atoms with Crippen LogP contribution in [0.15, 0.2) is 35.3 Å². The maximum absolute atomic E-state index is 4.90. The van der Waals surface area contributed by atoms with Gasteiger partial charge in [-0.05, 0) is 5.56 Å². The van der Waals surface area contributed by atoms with E-state index in [1.54, 1.807) is 0 Å². The molecule has 2 nitrogen and oxygen atoms in total. The van der Waals surface area contributed by atoms with Crippen LogP contribution in [0.25, 0.3) is 0 Å². The fraction of sp³-hybridized carbons (Fsp3) is 0.300. The maximum atomic E-state index is 4.90. The Morgan fingerprint density at radius 1 is 1.33 bits per heavy atom. The van der Waals surface area contributed by atoms with Gasteiger partial charge in [0.2, 0.25) is 0 Å². The summed E-state index contributed by atoms with van der Waals surface area (Å²) >= 11 is 0. The van der Waals surface area contributed by atoms with Gasteiger partial charge in [0.05, 0.1) is 12.6 Å². The number of benzene rings is 1. The molecule has 1 atom stereocenters. The van der Waals surface area contributed by atoms with E-state index in [2.05, 4.69) is 23.5 Å². The highest BCUT2D eigenvalue weighted by Gasteiger charge is 2.11. The maximum Gasteiger partial charge on any atom is 0.273 e. The van der Waals surface area contributed by atoms with Gasteiger partial charge in [-0.2, -0.15) is 0 Å². The Morgan fingerprint density at radius 3 is 2.83 bits per heavy atom. The van der Waals surface area contributed by atoms with E-state index in [-0.39, 0.29) is 6.04 Å². The first-order valence-electron chi connectivity index (χ1n) is 4.08. The number of nitrogens with zero attached hydrogens (tertiary/aromatic N) is 1. The van der Waals surface area contributed by atoms with E-state index < -0.39 is 0 Å². The fourth-order valence-electron chi connectivity index (χ4n) is 1.30. The van der Waals surface area contributed by atoms with Gasteiger partial charge in [0, 0.05) is 6.42 Å². The van der Waals surface area contributed by atoms with Gasteiger partial charge < -0.3 is 4.74 Å². The van der Waals surface area contributed by atoms with Crippen molar-refractivity contribution in [3.05, 3.63) is 35.9 Å². The zero-order chi connectivity index (χ0) is 8.23. The van der Waals surface area contributed by atoms with Crippen LogP contribution in [0.5, 0.6) is 0 Å². The molecule has 1 heterocycles. The van der Waals surface area contributed by atoms with E-state index in [1.807, 2.05) is 18.2 Å². The minimum absolute atomic E-state index is 0.250. The van der Waals surface area contributed by atoms with Crippen LogP contribution in [0.2, 0.25) is 0 Å². The van der Waals surface area contributed by atoms with Gasteiger partial charge in [0.1, 0.15) is 0 Å². The minimum Gasteiger partial charge on any atom is -0.474 e. The number of hydrogen-bond acceptors (Lipinski definition) is 2. The number of hydrogen-bond donors (Lipinski definition) is 0. The molecule has 0 bridgehead atoms. The first-order chi connectivity index (χ1) is 5.97. The Bertz CT molecular complexity index is 268. The molecular weight excluding hydrogens is 150 g/mol. The molecule has 1 aliphatic rings. The molecule has 0 fully saturated rings. The van der Waals surface area contributed by atoms with Crippen LogP contribution in [-0.2, 0) is 4.74 Å². The van der Waals surface area contributed by atoms with Crippen LogP contribution in [-0.4, -0.2) is 13.0 Å². The van der Waals surface area contributed by atoms with Crippen molar-refractivity contribution in [3.63, 3.8) is 0 Å². The summed E-state index contributed by atoms with van der Waals surface area (Å²) in [4.78, 5) is 4.13. The summed E-state index contributed by atoms with van der Waals surface area (Å²) in [6.45, 7) is 0.725. The highest BCUT2D eigenvalue weighted by Crippen LogP contribution is 2.22.